The van der Waals surface area contributed by atoms with Gasteiger partial charge in [-0.15, -0.1) is 0 Å². The summed E-state index contributed by atoms with van der Waals surface area (Å²) in [6, 6.07) is 11.4. The molecule has 0 bridgehead atoms. The second-order valence-corrected chi connectivity index (χ2v) is 6.55. The second kappa shape index (κ2) is 8.80. The number of hydrogen-bond acceptors (Lipinski definition) is 7. The van der Waals surface area contributed by atoms with Crippen molar-refractivity contribution in [3.05, 3.63) is 79.4 Å². The van der Waals surface area contributed by atoms with E-state index in [1.807, 2.05) is 0 Å². The van der Waals surface area contributed by atoms with Crippen molar-refractivity contribution in [3.63, 3.8) is 0 Å². The monoisotopic (exact) mass is 430 g/mol. The van der Waals surface area contributed by atoms with Crippen molar-refractivity contribution in [1.29, 1.82) is 0 Å². The summed E-state index contributed by atoms with van der Waals surface area (Å²) in [4.78, 5) is 24.4. The maximum atomic E-state index is 12.4. The molecule has 148 valence electrons. The first-order valence-corrected chi connectivity index (χ1v) is 9.06. The number of nitrogens with zero attached hydrogens (tertiary/aromatic N) is 3. The predicted octanol–water partition coefficient (Wildman–Crippen LogP) is 3.37. The number of esters is 1. The number of carbonyl (C=O) groups excluding carboxylic acids is 1. The number of carbonyl (C=O) groups is 1. The third-order valence-electron chi connectivity index (χ3n) is 3.82. The van der Waals surface area contributed by atoms with Crippen LogP contribution in [-0.2, 0) is 0 Å². The van der Waals surface area contributed by atoms with Gasteiger partial charge >= 0.3 is 5.97 Å². The quantitative estimate of drug-likeness (QED) is 0.288. The van der Waals surface area contributed by atoms with Crippen LogP contribution in [0, 0.1) is 11.7 Å². The fraction of sp³-hybridized carbons (Fsp3) is 0.105. The molecular weight excluding hydrogens is 416 g/mol. The van der Waals surface area contributed by atoms with Gasteiger partial charge in [0.05, 0.1) is 23.9 Å². The average Bonchev–Trinajstić information content (AvgIpc) is 2.72. The number of aromatic nitrogens is 3. The SMILES string of the molecule is COc1cc(C=Nn2c(=S)[nH]nc(C)c2=O)ccc1OC(=O)c1ccccc1Cl. The molecule has 0 radical (unpaired) electrons. The Kier molecular flexibility index (Phi) is 6.20. The van der Waals surface area contributed by atoms with Gasteiger partial charge in [-0.2, -0.15) is 14.9 Å². The highest BCUT2D eigenvalue weighted by Gasteiger charge is 2.15. The van der Waals surface area contributed by atoms with Gasteiger partial charge in [0, 0.05) is 0 Å². The summed E-state index contributed by atoms with van der Waals surface area (Å²) in [7, 11) is 1.44. The van der Waals surface area contributed by atoms with Crippen LogP contribution < -0.4 is 15.0 Å². The lowest BCUT2D eigenvalue weighted by Crippen LogP contribution is -2.22. The van der Waals surface area contributed by atoms with Crippen LogP contribution in [0.15, 0.2) is 52.4 Å². The Morgan fingerprint density at radius 2 is 2.03 bits per heavy atom. The number of aromatic amines is 1. The van der Waals surface area contributed by atoms with Crippen molar-refractivity contribution in [3.8, 4) is 11.5 Å². The summed E-state index contributed by atoms with van der Waals surface area (Å²) < 4.78 is 11.8. The minimum atomic E-state index is -0.611. The molecule has 0 amide bonds. The van der Waals surface area contributed by atoms with Crippen LogP contribution in [0.25, 0.3) is 0 Å². The van der Waals surface area contributed by atoms with Gasteiger partial charge in [-0.05, 0) is 55.0 Å². The summed E-state index contributed by atoms with van der Waals surface area (Å²) in [6.07, 6.45) is 1.42. The smallest absolute Gasteiger partial charge is 0.345 e. The maximum absolute atomic E-state index is 12.4. The lowest BCUT2D eigenvalue weighted by molar-refractivity contribution is 0.0730. The molecule has 0 atom stereocenters. The molecule has 0 saturated heterocycles. The van der Waals surface area contributed by atoms with Crippen LogP contribution in [0.1, 0.15) is 21.6 Å². The summed E-state index contributed by atoms with van der Waals surface area (Å²) in [5, 5.41) is 10.7. The molecule has 0 aliphatic carbocycles. The minimum Gasteiger partial charge on any atom is -0.493 e. The normalized spacial score (nSPS) is 10.9. The van der Waals surface area contributed by atoms with Crippen molar-refractivity contribution in [2.75, 3.05) is 7.11 Å². The predicted molar refractivity (Wildman–Crippen MR) is 111 cm³/mol. The molecule has 0 unspecified atom stereocenters. The molecule has 0 fully saturated rings. The molecule has 1 N–H and O–H groups in total. The zero-order valence-electron chi connectivity index (χ0n) is 15.4. The summed E-state index contributed by atoms with van der Waals surface area (Å²) in [6.45, 7) is 1.55. The Bertz CT molecular complexity index is 1220. The second-order valence-electron chi connectivity index (χ2n) is 5.76. The Balaban J connectivity index is 1.87. The Hall–Kier alpha value is -3.30. The fourth-order valence-corrected chi connectivity index (χ4v) is 2.72. The lowest BCUT2D eigenvalue weighted by atomic mass is 10.2. The van der Waals surface area contributed by atoms with E-state index in [4.69, 9.17) is 33.3 Å². The Morgan fingerprint density at radius 3 is 2.76 bits per heavy atom. The molecule has 29 heavy (non-hydrogen) atoms. The van der Waals surface area contributed by atoms with Crippen LogP contribution in [0.2, 0.25) is 5.02 Å². The highest BCUT2D eigenvalue weighted by molar-refractivity contribution is 7.71. The van der Waals surface area contributed by atoms with Gasteiger partial charge in [-0.3, -0.25) is 9.89 Å². The van der Waals surface area contributed by atoms with Crippen LogP contribution in [0.4, 0.5) is 0 Å². The molecule has 0 aliphatic heterocycles. The van der Waals surface area contributed by atoms with E-state index in [0.29, 0.717) is 11.3 Å². The van der Waals surface area contributed by atoms with Crippen LogP contribution in [0.3, 0.4) is 0 Å². The first kappa shape index (κ1) is 20.4. The van der Waals surface area contributed by atoms with Gasteiger partial charge in [0.25, 0.3) is 5.56 Å². The summed E-state index contributed by atoms with van der Waals surface area (Å²) in [5.74, 6) is -0.0954. The molecule has 0 saturated carbocycles. The zero-order chi connectivity index (χ0) is 21.0. The van der Waals surface area contributed by atoms with E-state index in [-0.39, 0.29) is 26.8 Å². The van der Waals surface area contributed by atoms with Gasteiger partial charge in [0.15, 0.2) is 11.5 Å². The molecule has 3 aromatic rings. The van der Waals surface area contributed by atoms with Crippen molar-refractivity contribution in [2.24, 2.45) is 5.10 Å². The largest absolute Gasteiger partial charge is 0.493 e. The van der Waals surface area contributed by atoms with Crippen LogP contribution in [-0.4, -0.2) is 34.2 Å². The van der Waals surface area contributed by atoms with Crippen LogP contribution >= 0.6 is 23.8 Å². The van der Waals surface area contributed by atoms with E-state index < -0.39 is 11.5 Å². The molecule has 8 nitrogen and oxygen atoms in total. The Labute approximate surface area is 175 Å². The average molecular weight is 431 g/mol. The van der Waals surface area contributed by atoms with E-state index in [2.05, 4.69) is 15.3 Å². The first-order chi connectivity index (χ1) is 13.9. The molecule has 1 heterocycles. The van der Waals surface area contributed by atoms with E-state index in [0.717, 1.165) is 4.68 Å². The molecule has 0 aliphatic rings. The molecule has 2 aromatic carbocycles. The van der Waals surface area contributed by atoms with E-state index in [9.17, 15) is 9.59 Å². The molecule has 1 aromatic heterocycles. The van der Waals surface area contributed by atoms with E-state index >= 15 is 0 Å². The molecule has 3 rings (SSSR count). The third-order valence-corrected chi connectivity index (χ3v) is 4.41. The highest BCUT2D eigenvalue weighted by atomic mass is 35.5. The molecular formula is C19H15ClN4O4S. The highest BCUT2D eigenvalue weighted by Crippen LogP contribution is 2.29. The third kappa shape index (κ3) is 4.58. The first-order valence-electron chi connectivity index (χ1n) is 8.28. The number of H-pyrrole nitrogens is 1. The number of methoxy groups -OCH3 is 1. The number of ether oxygens (including phenoxy) is 2. The summed E-state index contributed by atoms with van der Waals surface area (Å²) >= 11 is 11.1. The maximum Gasteiger partial charge on any atom is 0.345 e. The topological polar surface area (TPSA) is 98.6 Å². The summed E-state index contributed by atoms with van der Waals surface area (Å²) in [5.41, 5.74) is 0.635. The van der Waals surface area contributed by atoms with Gasteiger partial charge in [-0.1, -0.05) is 23.7 Å². The fourth-order valence-electron chi connectivity index (χ4n) is 2.33. The lowest BCUT2D eigenvalue weighted by Gasteiger charge is -2.10. The number of hydrogen-bond donors (Lipinski definition) is 1. The van der Waals surface area contributed by atoms with Gasteiger partial charge in [-0.25, -0.2) is 4.79 Å². The van der Waals surface area contributed by atoms with Crippen molar-refractivity contribution < 1.29 is 14.3 Å². The van der Waals surface area contributed by atoms with Gasteiger partial charge < -0.3 is 9.47 Å². The number of halogens is 1. The number of aryl methyl sites for hydroxylation is 1. The molecule has 0 spiro atoms. The Morgan fingerprint density at radius 1 is 1.28 bits per heavy atom. The van der Waals surface area contributed by atoms with Crippen molar-refractivity contribution in [1.82, 2.24) is 14.9 Å². The van der Waals surface area contributed by atoms with Gasteiger partial charge in [0.1, 0.15) is 5.69 Å². The molecule has 10 heteroatoms. The standard InChI is InChI=1S/C19H15ClN4O4S/c1-11-17(25)24(19(29)23-22-11)21-10-12-7-8-15(16(9-12)27-2)28-18(26)13-5-3-4-6-14(13)20/h3-10H,1-2H3,(H,23,29). The number of rotatable bonds is 5. The van der Waals surface area contributed by atoms with E-state index in [1.165, 1.54) is 13.3 Å². The van der Waals surface area contributed by atoms with Crippen molar-refractivity contribution >= 4 is 36.0 Å². The van der Waals surface area contributed by atoms with Crippen molar-refractivity contribution in [2.45, 2.75) is 6.92 Å². The van der Waals surface area contributed by atoms with Crippen LogP contribution in [0.5, 0.6) is 11.5 Å². The number of benzene rings is 2. The minimum absolute atomic E-state index is 0.0640. The number of nitrogens with one attached hydrogen (secondary N) is 1. The van der Waals surface area contributed by atoms with E-state index in [1.54, 1.807) is 49.4 Å². The zero-order valence-corrected chi connectivity index (χ0v) is 17.0. The van der Waals surface area contributed by atoms with Gasteiger partial charge in [0.2, 0.25) is 4.77 Å².